The lowest BCUT2D eigenvalue weighted by atomic mass is 9.67. The molecule has 1 heterocycles. The summed E-state index contributed by atoms with van der Waals surface area (Å²) < 4.78 is 5.37. The summed E-state index contributed by atoms with van der Waals surface area (Å²) in [5.41, 5.74) is 0.493. The SMILES string of the molecule is CCNC(=NCC1(CC)CCC1)NCCN1CCOCC1. The van der Waals surface area contributed by atoms with Gasteiger partial charge in [-0.25, -0.2) is 0 Å². The summed E-state index contributed by atoms with van der Waals surface area (Å²) in [4.78, 5) is 7.26. The van der Waals surface area contributed by atoms with Crippen LogP contribution in [0, 0.1) is 5.41 Å². The Labute approximate surface area is 129 Å². The van der Waals surface area contributed by atoms with E-state index in [0.29, 0.717) is 5.41 Å². The Hall–Kier alpha value is -0.810. The van der Waals surface area contributed by atoms with Gasteiger partial charge in [-0.15, -0.1) is 0 Å². The highest BCUT2D eigenvalue weighted by Gasteiger charge is 2.34. The van der Waals surface area contributed by atoms with Crippen LogP contribution in [0.15, 0.2) is 4.99 Å². The Morgan fingerprint density at radius 2 is 1.95 bits per heavy atom. The van der Waals surface area contributed by atoms with E-state index in [2.05, 4.69) is 29.4 Å². The van der Waals surface area contributed by atoms with Gasteiger partial charge in [-0.2, -0.15) is 0 Å². The molecule has 1 saturated heterocycles. The van der Waals surface area contributed by atoms with Crippen molar-refractivity contribution in [2.24, 2.45) is 10.4 Å². The molecule has 2 N–H and O–H groups in total. The van der Waals surface area contributed by atoms with E-state index in [1.54, 1.807) is 0 Å². The van der Waals surface area contributed by atoms with E-state index in [0.717, 1.165) is 58.4 Å². The maximum atomic E-state index is 5.37. The predicted molar refractivity (Wildman–Crippen MR) is 87.8 cm³/mol. The van der Waals surface area contributed by atoms with Crippen molar-refractivity contribution in [3.05, 3.63) is 0 Å². The molecule has 0 amide bonds. The van der Waals surface area contributed by atoms with Gasteiger partial charge in [-0.05, 0) is 31.6 Å². The Bertz CT molecular complexity index is 317. The first-order valence-electron chi connectivity index (χ1n) is 8.60. The van der Waals surface area contributed by atoms with Crippen molar-refractivity contribution in [2.75, 3.05) is 52.5 Å². The predicted octanol–water partition coefficient (Wildman–Crippen LogP) is 1.45. The molecule has 0 aromatic heterocycles. The lowest BCUT2D eigenvalue weighted by molar-refractivity contribution is 0.0389. The van der Waals surface area contributed by atoms with Crippen LogP contribution in [0.4, 0.5) is 0 Å². The highest BCUT2D eigenvalue weighted by Crippen LogP contribution is 2.43. The Balaban J connectivity index is 1.72. The molecule has 0 radical (unpaired) electrons. The molecule has 0 atom stereocenters. The molecule has 1 saturated carbocycles. The first-order valence-corrected chi connectivity index (χ1v) is 8.60. The van der Waals surface area contributed by atoms with Crippen molar-refractivity contribution in [1.29, 1.82) is 0 Å². The zero-order valence-electron chi connectivity index (χ0n) is 13.8. The van der Waals surface area contributed by atoms with Gasteiger partial charge in [0.25, 0.3) is 0 Å². The number of hydrogen-bond acceptors (Lipinski definition) is 3. The minimum absolute atomic E-state index is 0.493. The maximum Gasteiger partial charge on any atom is 0.191 e. The Morgan fingerprint density at radius 3 is 2.52 bits per heavy atom. The molecule has 2 rings (SSSR count). The molecule has 0 spiro atoms. The van der Waals surface area contributed by atoms with Gasteiger partial charge in [0.15, 0.2) is 5.96 Å². The normalized spacial score (nSPS) is 22.7. The van der Waals surface area contributed by atoms with Crippen LogP contribution in [-0.4, -0.2) is 63.3 Å². The molecular weight excluding hydrogens is 264 g/mol. The summed E-state index contributed by atoms with van der Waals surface area (Å²) in [5, 5.41) is 6.83. The van der Waals surface area contributed by atoms with Gasteiger partial charge < -0.3 is 15.4 Å². The van der Waals surface area contributed by atoms with Gasteiger partial charge in [0.1, 0.15) is 0 Å². The number of morpholine rings is 1. The van der Waals surface area contributed by atoms with E-state index >= 15 is 0 Å². The van der Waals surface area contributed by atoms with Crippen molar-refractivity contribution in [3.63, 3.8) is 0 Å². The summed E-state index contributed by atoms with van der Waals surface area (Å²) in [6.45, 7) is 12.2. The molecule has 122 valence electrons. The lowest BCUT2D eigenvalue weighted by Crippen LogP contribution is -2.45. The second-order valence-corrected chi connectivity index (χ2v) is 6.28. The first-order chi connectivity index (χ1) is 10.3. The van der Waals surface area contributed by atoms with E-state index < -0.39 is 0 Å². The summed E-state index contributed by atoms with van der Waals surface area (Å²) >= 11 is 0. The van der Waals surface area contributed by atoms with Crippen molar-refractivity contribution >= 4 is 5.96 Å². The summed E-state index contributed by atoms with van der Waals surface area (Å²) in [7, 11) is 0. The number of guanidine groups is 1. The molecule has 1 aliphatic carbocycles. The molecule has 2 aliphatic rings. The van der Waals surface area contributed by atoms with Crippen LogP contribution in [-0.2, 0) is 4.74 Å². The molecule has 0 unspecified atom stereocenters. The van der Waals surface area contributed by atoms with E-state index in [4.69, 9.17) is 9.73 Å². The van der Waals surface area contributed by atoms with E-state index in [1.165, 1.54) is 25.7 Å². The van der Waals surface area contributed by atoms with E-state index in [-0.39, 0.29) is 0 Å². The Kier molecular flexibility index (Phi) is 6.77. The third-order valence-electron chi connectivity index (χ3n) is 4.91. The van der Waals surface area contributed by atoms with E-state index in [1.807, 2.05) is 0 Å². The van der Waals surface area contributed by atoms with Crippen LogP contribution in [0.3, 0.4) is 0 Å². The summed E-state index contributed by atoms with van der Waals surface area (Å²) in [6, 6.07) is 0. The zero-order chi connectivity index (χ0) is 15.0. The third kappa shape index (κ3) is 5.15. The quantitative estimate of drug-likeness (QED) is 0.551. The molecular formula is C16H32N4O. The van der Waals surface area contributed by atoms with Gasteiger partial charge in [0, 0.05) is 39.3 Å². The van der Waals surface area contributed by atoms with Gasteiger partial charge in [-0.1, -0.05) is 13.3 Å². The maximum absolute atomic E-state index is 5.37. The van der Waals surface area contributed by atoms with Crippen molar-refractivity contribution < 1.29 is 4.74 Å². The monoisotopic (exact) mass is 296 g/mol. The van der Waals surface area contributed by atoms with Crippen LogP contribution < -0.4 is 10.6 Å². The molecule has 5 heteroatoms. The smallest absolute Gasteiger partial charge is 0.191 e. The lowest BCUT2D eigenvalue weighted by Gasteiger charge is -2.40. The molecule has 0 aromatic rings. The minimum atomic E-state index is 0.493. The van der Waals surface area contributed by atoms with Crippen LogP contribution >= 0.6 is 0 Å². The highest BCUT2D eigenvalue weighted by molar-refractivity contribution is 5.79. The van der Waals surface area contributed by atoms with Crippen LogP contribution in [0.2, 0.25) is 0 Å². The summed E-state index contributed by atoms with van der Waals surface area (Å²) in [6.07, 6.45) is 5.33. The van der Waals surface area contributed by atoms with Gasteiger partial charge in [-0.3, -0.25) is 9.89 Å². The van der Waals surface area contributed by atoms with Crippen molar-refractivity contribution in [3.8, 4) is 0 Å². The number of rotatable bonds is 7. The van der Waals surface area contributed by atoms with Crippen LogP contribution in [0.5, 0.6) is 0 Å². The number of nitrogens with one attached hydrogen (secondary N) is 2. The fourth-order valence-electron chi connectivity index (χ4n) is 3.05. The first kappa shape index (κ1) is 16.6. The number of hydrogen-bond donors (Lipinski definition) is 2. The summed E-state index contributed by atoms with van der Waals surface area (Å²) in [5.74, 6) is 0.977. The van der Waals surface area contributed by atoms with Crippen LogP contribution in [0.25, 0.3) is 0 Å². The molecule has 1 aliphatic heterocycles. The fraction of sp³-hybridized carbons (Fsp3) is 0.938. The van der Waals surface area contributed by atoms with Gasteiger partial charge in [0.05, 0.1) is 13.2 Å². The highest BCUT2D eigenvalue weighted by atomic mass is 16.5. The van der Waals surface area contributed by atoms with Crippen molar-refractivity contribution in [2.45, 2.75) is 39.5 Å². The second kappa shape index (κ2) is 8.59. The molecule has 2 fully saturated rings. The molecule has 0 bridgehead atoms. The second-order valence-electron chi connectivity index (χ2n) is 6.28. The molecule has 21 heavy (non-hydrogen) atoms. The van der Waals surface area contributed by atoms with Gasteiger partial charge in [0.2, 0.25) is 0 Å². The minimum Gasteiger partial charge on any atom is -0.379 e. The zero-order valence-corrected chi connectivity index (χ0v) is 13.8. The average Bonchev–Trinajstić information content (AvgIpc) is 2.47. The Morgan fingerprint density at radius 1 is 1.19 bits per heavy atom. The number of nitrogens with zero attached hydrogens (tertiary/aromatic N) is 2. The largest absolute Gasteiger partial charge is 0.379 e. The van der Waals surface area contributed by atoms with Gasteiger partial charge >= 0.3 is 0 Å². The topological polar surface area (TPSA) is 48.9 Å². The third-order valence-corrected chi connectivity index (χ3v) is 4.91. The number of aliphatic imine (C=N–C) groups is 1. The standard InChI is InChI=1S/C16H32N4O/c1-3-16(6-5-7-16)14-19-15(17-4-2)18-8-9-20-10-12-21-13-11-20/h3-14H2,1-2H3,(H2,17,18,19). The van der Waals surface area contributed by atoms with Crippen LogP contribution in [0.1, 0.15) is 39.5 Å². The molecule has 5 nitrogen and oxygen atoms in total. The van der Waals surface area contributed by atoms with E-state index in [9.17, 15) is 0 Å². The van der Waals surface area contributed by atoms with Crippen molar-refractivity contribution in [1.82, 2.24) is 15.5 Å². The fourth-order valence-corrected chi connectivity index (χ4v) is 3.05. The average molecular weight is 296 g/mol. The molecule has 0 aromatic carbocycles. The number of ether oxygens (including phenoxy) is 1.